The van der Waals surface area contributed by atoms with Crippen LogP contribution in [0.25, 0.3) is 28.0 Å². The summed E-state index contributed by atoms with van der Waals surface area (Å²) in [6.07, 6.45) is 3.40. The average Bonchev–Trinajstić information content (AvgIpc) is 3.16. The van der Waals surface area contributed by atoms with Gasteiger partial charge < -0.3 is 9.80 Å². The molecule has 0 unspecified atom stereocenters. The van der Waals surface area contributed by atoms with Gasteiger partial charge in [0, 0.05) is 38.0 Å². The Morgan fingerprint density at radius 1 is 1.03 bits per heavy atom. The molecule has 5 rings (SSSR count). The molecule has 1 aliphatic heterocycles. The Kier molecular flexibility index (Phi) is 4.88. The van der Waals surface area contributed by atoms with Crippen LogP contribution in [-0.4, -0.2) is 68.9 Å². The van der Waals surface area contributed by atoms with Gasteiger partial charge in [-0.05, 0) is 37.2 Å². The number of fused-ring (bicyclic) bond motifs is 1. The number of likely N-dealkylation sites (N-methyl/N-ethyl adjacent to an activating group) is 1. The van der Waals surface area contributed by atoms with E-state index in [0.717, 1.165) is 60.6 Å². The van der Waals surface area contributed by atoms with Gasteiger partial charge >= 0.3 is 0 Å². The minimum Gasteiger partial charge on any atom is -0.340 e. The number of piperazine rings is 1. The summed E-state index contributed by atoms with van der Waals surface area (Å²) in [7, 11) is 2.10. The van der Waals surface area contributed by atoms with Crippen LogP contribution in [-0.2, 0) is 11.2 Å². The van der Waals surface area contributed by atoms with Gasteiger partial charge in [-0.15, -0.1) is 0 Å². The van der Waals surface area contributed by atoms with Crippen molar-refractivity contribution < 1.29 is 4.79 Å². The lowest BCUT2D eigenvalue weighted by Crippen LogP contribution is -2.47. The Labute approximate surface area is 175 Å². The zero-order valence-electron chi connectivity index (χ0n) is 17.1. The van der Waals surface area contributed by atoms with Crippen LogP contribution in [0.3, 0.4) is 0 Å². The van der Waals surface area contributed by atoms with Gasteiger partial charge in [0.2, 0.25) is 5.91 Å². The maximum atomic E-state index is 12.4. The molecule has 1 saturated heterocycles. The van der Waals surface area contributed by atoms with Gasteiger partial charge in [-0.25, -0.2) is 0 Å². The van der Waals surface area contributed by atoms with E-state index >= 15 is 0 Å². The molecule has 0 bridgehead atoms. The molecule has 2 aromatic heterocycles. The molecule has 30 heavy (non-hydrogen) atoms. The molecule has 0 atom stereocenters. The van der Waals surface area contributed by atoms with Crippen molar-refractivity contribution in [3.8, 4) is 17.1 Å². The largest absolute Gasteiger partial charge is 0.340 e. The van der Waals surface area contributed by atoms with Gasteiger partial charge in [-0.3, -0.25) is 19.7 Å². The lowest BCUT2D eigenvalue weighted by molar-refractivity contribution is -0.132. The number of aromatic amines is 2. The van der Waals surface area contributed by atoms with Gasteiger partial charge in [0.1, 0.15) is 11.4 Å². The van der Waals surface area contributed by atoms with Crippen molar-refractivity contribution in [2.75, 3.05) is 33.2 Å². The number of aryl methyl sites for hydroxylation is 1. The van der Waals surface area contributed by atoms with Crippen molar-refractivity contribution in [2.24, 2.45) is 0 Å². The minimum absolute atomic E-state index is 0.260. The van der Waals surface area contributed by atoms with E-state index in [4.69, 9.17) is 0 Å². The highest BCUT2D eigenvalue weighted by atomic mass is 16.2. The summed E-state index contributed by atoms with van der Waals surface area (Å²) in [4.78, 5) is 16.7. The molecule has 3 heterocycles. The van der Waals surface area contributed by atoms with Gasteiger partial charge in [0.25, 0.3) is 0 Å². The molecule has 1 fully saturated rings. The monoisotopic (exact) mass is 402 g/mol. The smallest absolute Gasteiger partial charge is 0.222 e. The third-order valence-electron chi connectivity index (χ3n) is 5.92. The summed E-state index contributed by atoms with van der Waals surface area (Å²) in [6.45, 7) is 3.61. The van der Waals surface area contributed by atoms with Gasteiger partial charge in [-0.2, -0.15) is 5.10 Å². The van der Waals surface area contributed by atoms with Crippen molar-refractivity contribution in [3.05, 3.63) is 60.3 Å². The van der Waals surface area contributed by atoms with Gasteiger partial charge in [0.15, 0.2) is 0 Å². The van der Waals surface area contributed by atoms with E-state index in [0.29, 0.717) is 6.42 Å². The zero-order chi connectivity index (χ0) is 20.5. The highest BCUT2D eigenvalue weighted by Gasteiger charge is 2.18. The first kappa shape index (κ1) is 18.7. The molecule has 7 nitrogen and oxygen atoms in total. The number of nitrogens with zero attached hydrogens (tertiary/aromatic N) is 4. The van der Waals surface area contributed by atoms with E-state index in [1.54, 1.807) is 0 Å². The summed E-state index contributed by atoms with van der Waals surface area (Å²) in [5, 5.41) is 11.9. The molecular weight excluding hydrogens is 376 g/mol. The fourth-order valence-electron chi connectivity index (χ4n) is 3.96. The number of carbonyl (C=O) groups is 1. The number of amides is 1. The standard InChI is InChI=1S/C23H26N6O/c1-27-12-14-28(15-13-27)22(30)11-8-17-6-9-18(10-7-17)29-16-21(26-29)23-19-4-2-3-5-20(19)24-25-23/h2-7,9-10,16,26H,8,11-15H2,1H3,(H,24,25). The van der Waals surface area contributed by atoms with Crippen molar-refractivity contribution in [3.63, 3.8) is 0 Å². The summed E-state index contributed by atoms with van der Waals surface area (Å²) in [6, 6.07) is 16.5. The number of carbonyl (C=O) groups excluding carboxylic acids is 1. The normalized spacial score (nSPS) is 15.2. The fourth-order valence-corrected chi connectivity index (χ4v) is 3.96. The van der Waals surface area contributed by atoms with Crippen LogP contribution in [0.2, 0.25) is 0 Å². The lowest BCUT2D eigenvalue weighted by Gasteiger charge is -2.32. The Balaban J connectivity index is 1.20. The minimum atomic E-state index is 0.260. The first-order chi connectivity index (χ1) is 14.7. The van der Waals surface area contributed by atoms with E-state index in [1.807, 2.05) is 27.8 Å². The average molecular weight is 403 g/mol. The number of nitrogens with one attached hydrogen (secondary N) is 2. The molecular formula is C23H26N6O. The highest BCUT2D eigenvalue weighted by molar-refractivity contribution is 5.91. The highest BCUT2D eigenvalue weighted by Crippen LogP contribution is 2.26. The molecule has 4 aromatic rings. The van der Waals surface area contributed by atoms with Crippen molar-refractivity contribution in [1.29, 1.82) is 0 Å². The molecule has 1 aliphatic rings. The zero-order valence-corrected chi connectivity index (χ0v) is 17.1. The number of hydrogen-bond acceptors (Lipinski definition) is 3. The summed E-state index contributed by atoms with van der Waals surface area (Å²) < 4.78 is 1.98. The topological polar surface area (TPSA) is 73.0 Å². The Bertz CT molecular complexity index is 1130. The molecule has 0 spiro atoms. The van der Waals surface area contributed by atoms with E-state index < -0.39 is 0 Å². The molecule has 2 aromatic carbocycles. The quantitative estimate of drug-likeness (QED) is 0.539. The molecule has 2 N–H and O–H groups in total. The first-order valence-electron chi connectivity index (χ1n) is 10.4. The maximum absolute atomic E-state index is 12.4. The third-order valence-corrected chi connectivity index (χ3v) is 5.92. The number of hydrogen-bond donors (Lipinski definition) is 2. The van der Waals surface area contributed by atoms with Crippen molar-refractivity contribution in [1.82, 2.24) is 29.8 Å². The Morgan fingerprint density at radius 2 is 1.77 bits per heavy atom. The second-order valence-electron chi connectivity index (χ2n) is 7.99. The van der Waals surface area contributed by atoms with Crippen LogP contribution in [0.15, 0.2) is 54.7 Å². The van der Waals surface area contributed by atoms with Gasteiger partial charge in [0.05, 0.1) is 17.4 Å². The van der Waals surface area contributed by atoms with E-state index in [-0.39, 0.29) is 5.91 Å². The number of rotatable bonds is 5. The van der Waals surface area contributed by atoms with Crippen LogP contribution in [0.1, 0.15) is 12.0 Å². The van der Waals surface area contributed by atoms with Crippen molar-refractivity contribution in [2.45, 2.75) is 12.8 Å². The number of H-pyrrole nitrogens is 2. The van der Waals surface area contributed by atoms with Crippen LogP contribution >= 0.6 is 0 Å². The Morgan fingerprint density at radius 3 is 2.53 bits per heavy atom. The molecule has 154 valence electrons. The van der Waals surface area contributed by atoms with Crippen LogP contribution in [0.4, 0.5) is 0 Å². The molecule has 0 saturated carbocycles. The maximum Gasteiger partial charge on any atom is 0.222 e. The van der Waals surface area contributed by atoms with Crippen LogP contribution in [0.5, 0.6) is 0 Å². The molecule has 1 amide bonds. The van der Waals surface area contributed by atoms with E-state index in [1.165, 1.54) is 5.56 Å². The van der Waals surface area contributed by atoms with E-state index in [2.05, 4.69) is 63.8 Å². The SMILES string of the molecule is CN1CCN(C(=O)CCc2ccc(-n3cc(-c4n[nH]c5ccccc45)[nH]3)cc2)CC1. The molecule has 0 aliphatic carbocycles. The molecule has 7 heteroatoms. The Hall–Kier alpha value is -3.32. The van der Waals surface area contributed by atoms with Gasteiger partial charge in [-0.1, -0.05) is 30.3 Å². The fraction of sp³-hybridized carbons (Fsp3) is 0.304. The predicted molar refractivity (Wildman–Crippen MR) is 118 cm³/mol. The lowest BCUT2D eigenvalue weighted by atomic mass is 10.1. The summed E-state index contributed by atoms with van der Waals surface area (Å²) in [5.41, 5.74) is 5.20. The van der Waals surface area contributed by atoms with Crippen LogP contribution in [0, 0.1) is 0 Å². The molecule has 0 radical (unpaired) electrons. The number of benzene rings is 2. The van der Waals surface area contributed by atoms with Crippen LogP contribution < -0.4 is 0 Å². The first-order valence-corrected chi connectivity index (χ1v) is 10.4. The second-order valence-corrected chi connectivity index (χ2v) is 7.99. The summed E-state index contributed by atoms with van der Waals surface area (Å²) in [5.74, 6) is 0.260. The predicted octanol–water partition coefficient (Wildman–Crippen LogP) is 3.06. The third kappa shape index (κ3) is 3.64. The number of aromatic nitrogens is 4. The van der Waals surface area contributed by atoms with Crippen molar-refractivity contribution >= 4 is 16.8 Å². The van der Waals surface area contributed by atoms with E-state index in [9.17, 15) is 4.79 Å². The second kappa shape index (κ2) is 7.84. The number of para-hydroxylation sites is 1. The summed E-state index contributed by atoms with van der Waals surface area (Å²) >= 11 is 0.